The molecule has 0 aliphatic heterocycles. The Morgan fingerprint density at radius 3 is 2.06 bits per heavy atom. The Morgan fingerprint density at radius 2 is 1.56 bits per heavy atom. The summed E-state index contributed by atoms with van der Waals surface area (Å²) in [6.07, 6.45) is 18.5. The Labute approximate surface area is 198 Å². The van der Waals surface area contributed by atoms with Crippen LogP contribution in [0.3, 0.4) is 0 Å². The topological polar surface area (TPSA) is 75.4 Å². The van der Waals surface area contributed by atoms with E-state index >= 15 is 0 Å². The van der Waals surface area contributed by atoms with E-state index in [9.17, 15) is 9.90 Å². The maximum atomic E-state index is 11.4. The van der Waals surface area contributed by atoms with Gasteiger partial charge in [-0.25, -0.2) is 4.79 Å². The van der Waals surface area contributed by atoms with Crippen LogP contribution in [0, 0.1) is 0 Å². The van der Waals surface area contributed by atoms with Gasteiger partial charge < -0.3 is 14.8 Å². The van der Waals surface area contributed by atoms with Crippen LogP contribution in [0.1, 0.15) is 73.1 Å². The lowest BCUT2D eigenvalue weighted by Crippen LogP contribution is -2.31. The Morgan fingerprint density at radius 1 is 1.00 bits per heavy atom. The predicted molar refractivity (Wildman–Crippen MR) is 137 cm³/mol. The molecule has 1 atom stereocenters. The van der Waals surface area contributed by atoms with Crippen molar-refractivity contribution in [2.45, 2.75) is 79.2 Å². The molecule has 0 aliphatic rings. The summed E-state index contributed by atoms with van der Waals surface area (Å²) in [6.45, 7) is 10.9. The number of rotatable bonds is 16. The Balaban J connectivity index is 2.24. The molecule has 1 aromatic rings. The molecule has 0 aliphatic carbocycles. The van der Waals surface area contributed by atoms with Gasteiger partial charge in [0.05, 0.1) is 0 Å². The zero-order chi connectivity index (χ0) is 23.8. The zero-order valence-corrected chi connectivity index (χ0v) is 21.1. The average Bonchev–Trinajstić information content (AvgIpc) is 3.23. The Bertz CT molecular complexity index is 788. The van der Waals surface area contributed by atoms with Crippen molar-refractivity contribution in [3.8, 4) is 0 Å². The van der Waals surface area contributed by atoms with Crippen molar-refractivity contribution in [1.82, 2.24) is 4.98 Å². The molecular weight excluding hydrogens is 420 g/mol. The molecular formula is C26H40N2O3S. The molecule has 0 fully saturated rings. The number of nitrogens with one attached hydrogen (secondary N) is 1. The fourth-order valence-electron chi connectivity index (χ4n) is 3.01. The van der Waals surface area contributed by atoms with Gasteiger partial charge in [-0.15, -0.1) is 0 Å². The minimum absolute atomic E-state index is 0.446. The molecule has 1 unspecified atom stereocenters. The maximum Gasteiger partial charge on any atom is 0.327 e. The number of nitrogens with zero attached hydrogens (tertiary/aromatic N) is 1. The lowest BCUT2D eigenvalue weighted by molar-refractivity contribution is -0.137. The standard InChI is InChI=1S/C26H40N2O3S/c1-20(2)9-6-10-21(3)11-7-12-22(4)13-8-14-23(5)15-16-32-18-24(26(29)30)28-25-17-31-19-27-25/h9,11,13,15,17,19,24,28H,6-8,10,12,14,16,18H2,1-5H3,(H,29,30). The molecule has 0 aromatic carbocycles. The summed E-state index contributed by atoms with van der Waals surface area (Å²) in [4.78, 5) is 15.3. The van der Waals surface area contributed by atoms with Gasteiger partial charge >= 0.3 is 5.97 Å². The van der Waals surface area contributed by atoms with Crippen LogP contribution in [-0.4, -0.2) is 33.6 Å². The number of aliphatic carboxylic acids is 1. The molecule has 6 heteroatoms. The van der Waals surface area contributed by atoms with Crippen molar-refractivity contribution >= 4 is 23.5 Å². The van der Waals surface area contributed by atoms with Crippen molar-refractivity contribution in [2.75, 3.05) is 16.8 Å². The molecule has 0 radical (unpaired) electrons. The minimum Gasteiger partial charge on any atom is -0.480 e. The van der Waals surface area contributed by atoms with Crippen LogP contribution in [-0.2, 0) is 4.79 Å². The summed E-state index contributed by atoms with van der Waals surface area (Å²) in [5.41, 5.74) is 5.66. The second kappa shape index (κ2) is 16.4. The number of anilines is 1. The molecule has 178 valence electrons. The first-order chi connectivity index (χ1) is 15.3. The molecule has 2 N–H and O–H groups in total. The van der Waals surface area contributed by atoms with Crippen LogP contribution in [0.25, 0.3) is 0 Å². The van der Waals surface area contributed by atoms with E-state index in [2.05, 4.69) is 69.2 Å². The molecule has 32 heavy (non-hydrogen) atoms. The summed E-state index contributed by atoms with van der Waals surface area (Å²) in [5.74, 6) is 0.822. The molecule has 1 aromatic heterocycles. The van der Waals surface area contributed by atoms with Crippen molar-refractivity contribution in [1.29, 1.82) is 0 Å². The monoisotopic (exact) mass is 460 g/mol. The Kier molecular flexibility index (Phi) is 14.3. The molecule has 0 spiro atoms. The van der Waals surface area contributed by atoms with Crippen LogP contribution in [0.2, 0.25) is 0 Å². The first-order valence-electron chi connectivity index (χ1n) is 11.3. The van der Waals surface area contributed by atoms with E-state index in [0.717, 1.165) is 44.3 Å². The summed E-state index contributed by atoms with van der Waals surface area (Å²) in [7, 11) is 0. The highest BCUT2D eigenvalue weighted by Gasteiger charge is 2.17. The van der Waals surface area contributed by atoms with Crippen LogP contribution in [0.4, 0.5) is 5.82 Å². The molecule has 0 amide bonds. The van der Waals surface area contributed by atoms with Gasteiger partial charge in [0.15, 0.2) is 12.2 Å². The normalized spacial score (nSPS) is 13.7. The van der Waals surface area contributed by atoms with Crippen molar-refractivity contribution < 1.29 is 14.3 Å². The number of carboxylic acid groups (broad SMARTS) is 1. The summed E-state index contributed by atoms with van der Waals surface area (Å²) < 4.78 is 4.87. The van der Waals surface area contributed by atoms with E-state index in [1.54, 1.807) is 11.8 Å². The highest BCUT2D eigenvalue weighted by atomic mass is 32.2. The third-order valence-corrected chi connectivity index (χ3v) is 6.01. The van der Waals surface area contributed by atoms with E-state index in [0.29, 0.717) is 11.6 Å². The smallest absolute Gasteiger partial charge is 0.327 e. The number of oxazole rings is 1. The first-order valence-corrected chi connectivity index (χ1v) is 12.5. The van der Waals surface area contributed by atoms with Crippen molar-refractivity contribution in [3.05, 3.63) is 59.3 Å². The maximum absolute atomic E-state index is 11.4. The number of carboxylic acids is 1. The van der Waals surface area contributed by atoms with Gasteiger partial charge in [-0.05, 0) is 73.1 Å². The fraction of sp³-hybridized carbons (Fsp3) is 0.538. The van der Waals surface area contributed by atoms with Crippen molar-refractivity contribution in [2.24, 2.45) is 0 Å². The van der Waals surface area contributed by atoms with Gasteiger partial charge in [0.1, 0.15) is 12.3 Å². The minimum atomic E-state index is -0.889. The van der Waals surface area contributed by atoms with Gasteiger partial charge in [0, 0.05) is 11.5 Å². The second-order valence-corrected chi connectivity index (χ2v) is 9.57. The number of allylic oxidation sites excluding steroid dienone is 7. The summed E-state index contributed by atoms with van der Waals surface area (Å²) in [5, 5.41) is 12.2. The van der Waals surface area contributed by atoms with Crippen LogP contribution < -0.4 is 5.32 Å². The third kappa shape index (κ3) is 14.0. The third-order valence-electron chi connectivity index (χ3n) is 5.04. The van der Waals surface area contributed by atoms with E-state index < -0.39 is 12.0 Å². The highest BCUT2D eigenvalue weighted by molar-refractivity contribution is 7.99. The molecule has 0 saturated carbocycles. The molecule has 1 rings (SSSR count). The lowest BCUT2D eigenvalue weighted by Gasteiger charge is -2.12. The van der Waals surface area contributed by atoms with E-state index in [-0.39, 0.29) is 0 Å². The molecule has 1 heterocycles. The molecule has 5 nitrogen and oxygen atoms in total. The molecule has 0 bridgehead atoms. The quantitative estimate of drug-likeness (QED) is 0.197. The van der Waals surface area contributed by atoms with Gasteiger partial charge in [-0.3, -0.25) is 0 Å². The number of aromatic nitrogens is 1. The largest absolute Gasteiger partial charge is 0.480 e. The van der Waals surface area contributed by atoms with Gasteiger partial charge in [-0.2, -0.15) is 16.7 Å². The zero-order valence-electron chi connectivity index (χ0n) is 20.3. The van der Waals surface area contributed by atoms with E-state index in [1.165, 1.54) is 34.9 Å². The molecule has 0 saturated heterocycles. The summed E-state index contributed by atoms with van der Waals surface area (Å²) >= 11 is 1.60. The van der Waals surface area contributed by atoms with Crippen LogP contribution in [0.15, 0.2) is 63.7 Å². The fourth-order valence-corrected chi connectivity index (χ4v) is 4.01. The van der Waals surface area contributed by atoms with Crippen molar-refractivity contribution in [3.63, 3.8) is 0 Å². The van der Waals surface area contributed by atoms with E-state index in [1.807, 2.05) is 0 Å². The highest BCUT2D eigenvalue weighted by Crippen LogP contribution is 2.15. The predicted octanol–water partition coefficient (Wildman–Crippen LogP) is 7.42. The Hall–Kier alpha value is -2.21. The van der Waals surface area contributed by atoms with E-state index in [4.69, 9.17) is 4.42 Å². The first kappa shape index (κ1) is 27.8. The summed E-state index contributed by atoms with van der Waals surface area (Å²) in [6, 6.07) is -0.686. The van der Waals surface area contributed by atoms with Gasteiger partial charge in [0.2, 0.25) is 0 Å². The average molecular weight is 461 g/mol. The van der Waals surface area contributed by atoms with Gasteiger partial charge in [0.25, 0.3) is 0 Å². The van der Waals surface area contributed by atoms with Gasteiger partial charge in [-0.1, -0.05) is 46.6 Å². The SMILES string of the molecule is CC(C)=CCCC(C)=CCCC(C)=CCCC(C)=CCSCC(Nc1cocn1)C(=O)O. The second-order valence-electron chi connectivity index (χ2n) is 8.50. The number of hydrogen-bond acceptors (Lipinski definition) is 5. The number of hydrogen-bond donors (Lipinski definition) is 2. The number of thioether (sulfide) groups is 1. The van der Waals surface area contributed by atoms with Crippen LogP contribution in [0.5, 0.6) is 0 Å². The number of carbonyl (C=O) groups is 1. The van der Waals surface area contributed by atoms with Crippen LogP contribution >= 0.6 is 11.8 Å². The lowest BCUT2D eigenvalue weighted by atomic mass is 10.0.